The van der Waals surface area contributed by atoms with Gasteiger partial charge in [0.05, 0.1) is 0 Å². The van der Waals surface area contributed by atoms with Gasteiger partial charge in [-0.25, -0.2) is 0 Å². The molecule has 314 valence electrons. The van der Waals surface area contributed by atoms with Crippen molar-refractivity contribution in [3.05, 3.63) is 160 Å². The first-order valence-electron chi connectivity index (χ1n) is 24.1. The predicted molar refractivity (Wildman–Crippen MR) is 261 cm³/mol. The minimum atomic E-state index is -0.0978. The number of anilines is 3. The van der Waals surface area contributed by atoms with Gasteiger partial charge in [-0.15, -0.1) is 0 Å². The van der Waals surface area contributed by atoms with E-state index < -0.39 is 0 Å². The highest BCUT2D eigenvalue weighted by Crippen LogP contribution is 2.70. The molecular formula is C61H65N. The third-order valence-corrected chi connectivity index (χ3v) is 17.9. The molecule has 0 amide bonds. The van der Waals surface area contributed by atoms with Gasteiger partial charge in [-0.1, -0.05) is 147 Å². The molecule has 4 bridgehead atoms. The highest BCUT2D eigenvalue weighted by Gasteiger charge is 2.62. The normalized spacial score (nSPS) is 26.1. The van der Waals surface area contributed by atoms with Crippen LogP contribution >= 0.6 is 0 Å². The van der Waals surface area contributed by atoms with Crippen molar-refractivity contribution < 1.29 is 0 Å². The van der Waals surface area contributed by atoms with Gasteiger partial charge in [0.15, 0.2) is 0 Å². The van der Waals surface area contributed by atoms with Gasteiger partial charge < -0.3 is 4.90 Å². The number of hydrogen-bond donors (Lipinski definition) is 0. The van der Waals surface area contributed by atoms with Crippen molar-refractivity contribution in [3.63, 3.8) is 0 Å². The molecule has 0 heterocycles. The summed E-state index contributed by atoms with van der Waals surface area (Å²) < 4.78 is 0. The maximum atomic E-state index is 2.73. The van der Waals surface area contributed by atoms with Gasteiger partial charge in [-0.2, -0.15) is 0 Å². The van der Waals surface area contributed by atoms with E-state index in [1.54, 1.807) is 11.1 Å². The summed E-state index contributed by atoms with van der Waals surface area (Å²) in [5.74, 6) is 3.16. The van der Waals surface area contributed by atoms with Crippen molar-refractivity contribution in [2.75, 3.05) is 4.90 Å². The highest BCUT2D eigenvalue weighted by atomic mass is 15.1. The second-order valence-corrected chi connectivity index (χ2v) is 23.7. The second kappa shape index (κ2) is 12.9. The van der Waals surface area contributed by atoms with E-state index in [2.05, 4.69) is 189 Å². The summed E-state index contributed by atoms with van der Waals surface area (Å²) in [4.78, 5) is 2.68. The van der Waals surface area contributed by atoms with Crippen molar-refractivity contribution in [1.29, 1.82) is 0 Å². The van der Waals surface area contributed by atoms with Gasteiger partial charge in [0.1, 0.15) is 0 Å². The van der Waals surface area contributed by atoms with Crippen LogP contribution < -0.4 is 4.90 Å². The van der Waals surface area contributed by atoms with Crippen LogP contribution in [0.15, 0.2) is 121 Å². The van der Waals surface area contributed by atoms with Crippen molar-refractivity contribution in [2.24, 2.45) is 23.7 Å². The van der Waals surface area contributed by atoms with E-state index in [0.29, 0.717) is 11.8 Å². The van der Waals surface area contributed by atoms with E-state index in [4.69, 9.17) is 0 Å². The van der Waals surface area contributed by atoms with Crippen LogP contribution in [0.1, 0.15) is 146 Å². The minimum Gasteiger partial charge on any atom is -0.310 e. The summed E-state index contributed by atoms with van der Waals surface area (Å²) in [6.07, 6.45) is 9.37. The molecule has 1 nitrogen and oxygen atoms in total. The lowest BCUT2D eigenvalue weighted by Crippen LogP contribution is -2.55. The molecule has 0 aliphatic heterocycles. The third kappa shape index (κ3) is 5.33. The van der Waals surface area contributed by atoms with Crippen LogP contribution in [0.4, 0.5) is 17.1 Å². The molecule has 6 aromatic carbocycles. The molecule has 4 saturated carbocycles. The van der Waals surface area contributed by atoms with Crippen LogP contribution in [0.2, 0.25) is 0 Å². The molecule has 0 unspecified atom stereocenters. The van der Waals surface area contributed by atoms with Gasteiger partial charge in [0.25, 0.3) is 0 Å². The summed E-state index contributed by atoms with van der Waals surface area (Å²) in [5, 5.41) is 0. The maximum Gasteiger partial charge on any atom is 0.0471 e. The average Bonchev–Trinajstić information content (AvgIpc) is 3.66. The Morgan fingerprint density at radius 2 is 1.00 bits per heavy atom. The molecule has 1 heteroatoms. The van der Waals surface area contributed by atoms with Crippen molar-refractivity contribution in [2.45, 2.75) is 134 Å². The minimum absolute atomic E-state index is 0.0462. The molecule has 4 fully saturated rings. The van der Waals surface area contributed by atoms with Crippen LogP contribution in [0.5, 0.6) is 0 Å². The van der Waals surface area contributed by atoms with E-state index in [1.165, 1.54) is 123 Å². The largest absolute Gasteiger partial charge is 0.310 e. The molecule has 0 saturated heterocycles. The monoisotopic (exact) mass is 812 g/mol. The molecular weight excluding hydrogens is 747 g/mol. The van der Waals surface area contributed by atoms with E-state index in [9.17, 15) is 0 Å². The quantitative estimate of drug-likeness (QED) is 0.171. The fourth-order valence-electron chi connectivity index (χ4n) is 14.8. The Hall–Kier alpha value is -4.88. The SMILES string of the molecule is CC(C)(C)c1ccc(-c2cc(N(c3ccc4c(c3)C(C)(C)CCC4(C)C)c3ccc4c(c3)C(C)(C)c3ccccc3-4)cc3c2-c2ccccc2C32C3CC4CC(C3)CC2C4)cc1. The Morgan fingerprint density at radius 3 is 1.66 bits per heavy atom. The lowest BCUT2D eigenvalue weighted by molar-refractivity contribution is -0.0399. The van der Waals surface area contributed by atoms with Crippen molar-refractivity contribution in [3.8, 4) is 33.4 Å². The summed E-state index contributed by atoms with van der Waals surface area (Å²) in [5.41, 5.74) is 23.0. The Morgan fingerprint density at radius 1 is 0.452 bits per heavy atom. The summed E-state index contributed by atoms with van der Waals surface area (Å²) in [6.45, 7) is 21.7. The third-order valence-electron chi connectivity index (χ3n) is 17.9. The van der Waals surface area contributed by atoms with Gasteiger partial charge in [-0.05, 0) is 194 Å². The first-order valence-corrected chi connectivity index (χ1v) is 24.1. The van der Waals surface area contributed by atoms with Gasteiger partial charge >= 0.3 is 0 Å². The molecule has 0 N–H and O–H groups in total. The van der Waals surface area contributed by atoms with Gasteiger partial charge in [-0.3, -0.25) is 0 Å². The van der Waals surface area contributed by atoms with Crippen LogP contribution in [-0.2, 0) is 27.1 Å². The van der Waals surface area contributed by atoms with Crippen molar-refractivity contribution >= 4 is 17.1 Å². The summed E-state index contributed by atoms with van der Waals surface area (Å²) in [6, 6.07) is 48.8. The summed E-state index contributed by atoms with van der Waals surface area (Å²) in [7, 11) is 0. The zero-order chi connectivity index (χ0) is 42.7. The van der Waals surface area contributed by atoms with Crippen LogP contribution in [0.3, 0.4) is 0 Å². The number of rotatable bonds is 4. The molecule has 62 heavy (non-hydrogen) atoms. The number of nitrogens with zero attached hydrogens (tertiary/aromatic N) is 1. The number of benzene rings is 6. The van der Waals surface area contributed by atoms with Gasteiger partial charge in [0.2, 0.25) is 0 Å². The topological polar surface area (TPSA) is 3.24 Å². The first-order chi connectivity index (χ1) is 29.6. The molecule has 0 atom stereocenters. The Balaban J connectivity index is 1.15. The van der Waals surface area contributed by atoms with Gasteiger partial charge in [0, 0.05) is 27.9 Å². The van der Waals surface area contributed by atoms with Crippen LogP contribution in [0, 0.1) is 23.7 Å². The predicted octanol–water partition coefficient (Wildman–Crippen LogP) is 16.5. The Kier molecular flexibility index (Phi) is 8.04. The molecule has 13 rings (SSSR count). The van der Waals surface area contributed by atoms with Crippen molar-refractivity contribution in [1.82, 2.24) is 0 Å². The first kappa shape index (κ1) is 38.8. The summed E-state index contributed by atoms with van der Waals surface area (Å²) >= 11 is 0. The molecule has 7 aliphatic rings. The molecule has 1 spiro atoms. The van der Waals surface area contributed by atoms with E-state index in [1.807, 2.05) is 0 Å². The zero-order valence-electron chi connectivity index (χ0n) is 38.8. The number of hydrogen-bond acceptors (Lipinski definition) is 1. The van der Waals surface area contributed by atoms with E-state index >= 15 is 0 Å². The molecule has 6 aromatic rings. The fraction of sp³-hybridized carbons (Fsp3) is 0.410. The van der Waals surface area contributed by atoms with Crippen LogP contribution in [-0.4, -0.2) is 0 Å². The smallest absolute Gasteiger partial charge is 0.0471 e. The second-order valence-electron chi connectivity index (χ2n) is 23.7. The molecule has 0 radical (unpaired) electrons. The molecule has 7 aliphatic carbocycles. The molecule has 0 aromatic heterocycles. The Labute approximate surface area is 372 Å². The average molecular weight is 812 g/mol. The highest BCUT2D eigenvalue weighted by molar-refractivity contribution is 5.97. The maximum absolute atomic E-state index is 2.73. The van der Waals surface area contributed by atoms with Crippen LogP contribution in [0.25, 0.3) is 33.4 Å². The lowest BCUT2D eigenvalue weighted by atomic mass is 9.43. The fourth-order valence-corrected chi connectivity index (χ4v) is 14.8. The Bertz CT molecular complexity index is 2790. The zero-order valence-corrected chi connectivity index (χ0v) is 38.8. The van der Waals surface area contributed by atoms with E-state index in [0.717, 1.165) is 11.8 Å². The standard InChI is InChI=1S/C61H65N/c1-57(2,3)40-20-18-39(19-21-40)49-33-45(36-55-56(49)48-15-11-13-17-51(48)61(55)41-29-37-28-38(31-41)32-42(61)30-37)62(44-23-25-52-54(35-44)59(6,7)27-26-58(52,4)5)43-22-24-47-46-14-10-12-16-50(46)60(8,9)53(47)34-43/h10-25,33-38,41-42H,26-32H2,1-9H3. The number of fused-ring (bicyclic) bond motifs is 7. The van der Waals surface area contributed by atoms with E-state index in [-0.39, 0.29) is 27.1 Å². The lowest BCUT2D eigenvalue weighted by Gasteiger charge is -2.61.